The van der Waals surface area contributed by atoms with Gasteiger partial charge in [0.25, 0.3) is 0 Å². The lowest BCUT2D eigenvalue weighted by Crippen LogP contribution is -2.48. The summed E-state index contributed by atoms with van der Waals surface area (Å²) in [4.78, 5) is 43.7. The van der Waals surface area contributed by atoms with Crippen molar-refractivity contribution in [3.63, 3.8) is 0 Å². The van der Waals surface area contributed by atoms with E-state index >= 15 is 0 Å². The Morgan fingerprint density at radius 3 is 2.32 bits per heavy atom. The fourth-order valence-electron chi connectivity index (χ4n) is 4.74. The molecule has 12 heteroatoms. The van der Waals surface area contributed by atoms with E-state index in [9.17, 15) is 14.4 Å². The van der Waals surface area contributed by atoms with E-state index in [2.05, 4.69) is 27.5 Å². The Morgan fingerprint density at radius 2 is 1.64 bits per heavy atom. The number of methoxy groups -OCH3 is 1. The van der Waals surface area contributed by atoms with Crippen LogP contribution >= 0.6 is 11.6 Å². The first-order valence-corrected chi connectivity index (χ1v) is 14.7. The topological polar surface area (TPSA) is 124 Å². The number of para-hydroxylation sites is 1. The Balaban J connectivity index is 1.38. The monoisotopic (exact) mass is 623 g/mol. The van der Waals surface area contributed by atoms with Gasteiger partial charge in [-0.25, -0.2) is 9.59 Å². The summed E-state index contributed by atoms with van der Waals surface area (Å²) in [6.07, 6.45) is 0.137. The number of carboxylic acids is 1. The highest BCUT2D eigenvalue weighted by molar-refractivity contribution is 6.33. The molecule has 234 valence electrons. The summed E-state index contributed by atoms with van der Waals surface area (Å²) < 4.78 is 11.3. The highest BCUT2D eigenvalue weighted by atomic mass is 35.5. The molecule has 1 saturated heterocycles. The van der Waals surface area contributed by atoms with Crippen LogP contribution in [-0.4, -0.2) is 104 Å². The third kappa shape index (κ3) is 9.60. The maximum Gasteiger partial charge on any atom is 0.335 e. The third-order valence-electron chi connectivity index (χ3n) is 7.36. The Labute approximate surface area is 262 Å². The van der Waals surface area contributed by atoms with Crippen LogP contribution in [0.1, 0.15) is 15.9 Å². The molecule has 3 N–H and O–H groups in total. The Kier molecular flexibility index (Phi) is 11.8. The van der Waals surface area contributed by atoms with Crippen LogP contribution in [0.4, 0.5) is 16.2 Å². The average molecular weight is 624 g/mol. The summed E-state index contributed by atoms with van der Waals surface area (Å²) in [5, 5.41) is 15.0. The zero-order valence-corrected chi connectivity index (χ0v) is 25.7. The number of likely N-dealkylation sites (N-methyl/N-ethyl adjacent to an activating group) is 1. The fraction of sp³-hybridized carbons (Fsp3) is 0.344. The zero-order chi connectivity index (χ0) is 31.5. The summed E-state index contributed by atoms with van der Waals surface area (Å²) in [5.74, 6) is -0.115. The number of hydrogen-bond donors (Lipinski definition) is 3. The van der Waals surface area contributed by atoms with Crippen LogP contribution in [0.25, 0.3) is 0 Å². The molecule has 44 heavy (non-hydrogen) atoms. The second-order valence-electron chi connectivity index (χ2n) is 10.5. The zero-order valence-electron chi connectivity index (χ0n) is 24.9. The number of carbonyl (C=O) groups excluding carboxylic acids is 2. The van der Waals surface area contributed by atoms with Crippen molar-refractivity contribution < 1.29 is 29.0 Å². The molecular formula is C32H38ClN5O6. The molecule has 0 unspecified atom stereocenters. The van der Waals surface area contributed by atoms with Gasteiger partial charge in [0, 0.05) is 39.3 Å². The number of piperazine rings is 1. The average Bonchev–Trinajstić information content (AvgIpc) is 3.01. The molecule has 1 aliphatic heterocycles. The van der Waals surface area contributed by atoms with Crippen LogP contribution in [0.2, 0.25) is 5.02 Å². The number of carbonyl (C=O) groups is 3. The van der Waals surface area contributed by atoms with Gasteiger partial charge in [-0.05, 0) is 61.1 Å². The molecule has 11 nitrogen and oxygen atoms in total. The first-order chi connectivity index (χ1) is 21.2. The molecule has 0 radical (unpaired) electrons. The summed E-state index contributed by atoms with van der Waals surface area (Å²) in [6, 6.07) is 17.9. The predicted molar refractivity (Wildman–Crippen MR) is 170 cm³/mol. The molecule has 0 saturated carbocycles. The molecule has 0 bridgehead atoms. The van der Waals surface area contributed by atoms with E-state index in [1.54, 1.807) is 59.5 Å². The molecule has 1 aliphatic rings. The number of nitrogens with zero attached hydrogens (tertiary/aromatic N) is 3. The maximum atomic E-state index is 13.5. The van der Waals surface area contributed by atoms with Gasteiger partial charge in [-0.2, -0.15) is 0 Å². The van der Waals surface area contributed by atoms with Gasteiger partial charge in [-0.3, -0.25) is 9.69 Å². The molecule has 3 amide bonds. The standard InChI is InChI=1S/C32H38ClN5O6/c1-36-13-15-37(16-14-36)17-18-38(19-20-44-25-10-8-24(9-11-25)31(40)41)30(39)22-23-7-12-28(29(21-23)43-2)35-32(42)34-27-6-4-3-5-26(27)33/h3-12,21H,13-20,22H2,1-2H3,(H,40,41)(H2,34,35,42). The van der Waals surface area contributed by atoms with Crippen molar-refractivity contribution in [1.82, 2.24) is 14.7 Å². The molecule has 1 heterocycles. The van der Waals surface area contributed by atoms with Crippen LogP contribution < -0.4 is 20.1 Å². The second-order valence-corrected chi connectivity index (χ2v) is 10.9. The van der Waals surface area contributed by atoms with Crippen molar-refractivity contribution in [3.05, 3.63) is 82.9 Å². The van der Waals surface area contributed by atoms with E-state index in [0.29, 0.717) is 41.0 Å². The number of ether oxygens (including phenoxy) is 2. The Morgan fingerprint density at radius 1 is 0.932 bits per heavy atom. The van der Waals surface area contributed by atoms with Gasteiger partial charge in [0.15, 0.2) is 0 Å². The predicted octanol–water partition coefficient (Wildman–Crippen LogP) is 4.39. The van der Waals surface area contributed by atoms with E-state index in [-0.39, 0.29) is 24.5 Å². The van der Waals surface area contributed by atoms with Crippen molar-refractivity contribution in [2.75, 3.05) is 77.2 Å². The lowest BCUT2D eigenvalue weighted by atomic mass is 10.1. The number of rotatable bonds is 13. The number of halogens is 1. The minimum Gasteiger partial charge on any atom is -0.495 e. The minimum absolute atomic E-state index is 0.0665. The number of aromatic carboxylic acids is 1. The van der Waals surface area contributed by atoms with Crippen LogP contribution in [0, 0.1) is 0 Å². The van der Waals surface area contributed by atoms with Crippen molar-refractivity contribution in [1.29, 1.82) is 0 Å². The number of nitrogens with one attached hydrogen (secondary N) is 2. The van der Waals surface area contributed by atoms with Gasteiger partial charge in [0.05, 0.1) is 42.0 Å². The molecule has 3 aromatic rings. The number of amides is 3. The second kappa shape index (κ2) is 15.9. The maximum absolute atomic E-state index is 13.5. The normalized spacial score (nSPS) is 13.6. The number of carboxylic acid groups (broad SMARTS) is 1. The first-order valence-electron chi connectivity index (χ1n) is 14.4. The van der Waals surface area contributed by atoms with E-state index in [4.69, 9.17) is 26.2 Å². The van der Waals surface area contributed by atoms with Crippen molar-refractivity contribution in [2.24, 2.45) is 0 Å². The van der Waals surface area contributed by atoms with Crippen LogP contribution in [0.15, 0.2) is 66.7 Å². The SMILES string of the molecule is COc1cc(CC(=O)N(CCOc2ccc(C(=O)O)cc2)CCN2CCN(C)CC2)ccc1NC(=O)Nc1ccccc1Cl. The minimum atomic E-state index is -1.00. The first kappa shape index (κ1) is 32.6. The number of hydrogen-bond acceptors (Lipinski definition) is 7. The number of urea groups is 1. The van der Waals surface area contributed by atoms with E-state index in [1.165, 1.54) is 19.2 Å². The van der Waals surface area contributed by atoms with Gasteiger partial charge >= 0.3 is 12.0 Å². The van der Waals surface area contributed by atoms with E-state index in [1.807, 2.05) is 0 Å². The van der Waals surface area contributed by atoms with E-state index < -0.39 is 12.0 Å². The lowest BCUT2D eigenvalue weighted by molar-refractivity contribution is -0.131. The quantitative estimate of drug-likeness (QED) is 0.256. The molecule has 0 aromatic heterocycles. The Hall–Kier alpha value is -4.32. The molecule has 3 aromatic carbocycles. The van der Waals surface area contributed by atoms with Crippen LogP contribution in [-0.2, 0) is 11.2 Å². The third-order valence-corrected chi connectivity index (χ3v) is 7.69. The van der Waals surface area contributed by atoms with Crippen molar-refractivity contribution in [2.45, 2.75) is 6.42 Å². The van der Waals surface area contributed by atoms with Crippen LogP contribution in [0.5, 0.6) is 11.5 Å². The van der Waals surface area contributed by atoms with Gasteiger partial charge < -0.3 is 35.0 Å². The smallest absolute Gasteiger partial charge is 0.335 e. The fourth-order valence-corrected chi connectivity index (χ4v) is 4.92. The van der Waals surface area contributed by atoms with Crippen molar-refractivity contribution >= 4 is 40.9 Å². The van der Waals surface area contributed by atoms with Gasteiger partial charge in [0.2, 0.25) is 5.91 Å². The summed E-state index contributed by atoms with van der Waals surface area (Å²) in [7, 11) is 3.61. The summed E-state index contributed by atoms with van der Waals surface area (Å²) >= 11 is 6.14. The summed E-state index contributed by atoms with van der Waals surface area (Å²) in [5.41, 5.74) is 1.84. The molecule has 0 atom stereocenters. The van der Waals surface area contributed by atoms with Crippen LogP contribution in [0.3, 0.4) is 0 Å². The van der Waals surface area contributed by atoms with Gasteiger partial charge in [-0.1, -0.05) is 29.8 Å². The van der Waals surface area contributed by atoms with E-state index in [0.717, 1.165) is 38.3 Å². The number of anilines is 2. The summed E-state index contributed by atoms with van der Waals surface area (Å²) in [6.45, 7) is 5.78. The number of benzene rings is 3. The van der Waals surface area contributed by atoms with Crippen molar-refractivity contribution in [3.8, 4) is 11.5 Å². The Bertz CT molecular complexity index is 1430. The molecular weight excluding hydrogens is 586 g/mol. The van der Waals surface area contributed by atoms with Gasteiger partial charge in [-0.15, -0.1) is 0 Å². The molecule has 0 aliphatic carbocycles. The highest BCUT2D eigenvalue weighted by Crippen LogP contribution is 2.27. The molecule has 0 spiro atoms. The van der Waals surface area contributed by atoms with Gasteiger partial charge in [0.1, 0.15) is 18.1 Å². The highest BCUT2D eigenvalue weighted by Gasteiger charge is 2.19. The lowest BCUT2D eigenvalue weighted by Gasteiger charge is -2.34. The largest absolute Gasteiger partial charge is 0.495 e. The molecule has 4 rings (SSSR count). The molecule has 1 fully saturated rings.